The first-order valence-corrected chi connectivity index (χ1v) is 7.45. The van der Waals surface area contributed by atoms with Gasteiger partial charge in [0.15, 0.2) is 5.82 Å². The van der Waals surface area contributed by atoms with Gasteiger partial charge in [-0.3, -0.25) is 0 Å². The number of hydrogen-bond acceptors (Lipinski definition) is 6. The Hall–Kier alpha value is -3.68. The maximum absolute atomic E-state index is 14.3. The Kier molecular flexibility index (Phi) is 3.62. The fourth-order valence-corrected chi connectivity index (χ4v) is 2.52. The monoisotopic (exact) mass is 333 g/mol. The average molecular weight is 333 g/mol. The smallest absolute Gasteiger partial charge is 0.220 e. The summed E-state index contributed by atoms with van der Waals surface area (Å²) in [6.45, 7) is 0. The second-order valence-corrected chi connectivity index (χ2v) is 5.22. The summed E-state index contributed by atoms with van der Waals surface area (Å²) in [5.41, 5.74) is 7.59. The van der Waals surface area contributed by atoms with Gasteiger partial charge in [0.2, 0.25) is 5.95 Å². The van der Waals surface area contributed by atoms with E-state index in [9.17, 15) is 4.39 Å². The van der Waals surface area contributed by atoms with Crippen LogP contribution in [0, 0.1) is 5.82 Å². The SMILES string of the molecule is Nc1ncc(-c2nnnn2-c2ccccc2)c(-c2ccccc2F)n1. The summed E-state index contributed by atoms with van der Waals surface area (Å²) in [4.78, 5) is 8.23. The van der Waals surface area contributed by atoms with Gasteiger partial charge in [-0.1, -0.05) is 30.3 Å². The molecule has 0 amide bonds. The fourth-order valence-electron chi connectivity index (χ4n) is 2.52. The van der Waals surface area contributed by atoms with Crippen molar-refractivity contribution >= 4 is 5.95 Å². The highest BCUT2D eigenvalue weighted by Gasteiger charge is 2.19. The zero-order valence-corrected chi connectivity index (χ0v) is 12.9. The van der Waals surface area contributed by atoms with Crippen molar-refractivity contribution in [1.29, 1.82) is 0 Å². The number of para-hydroxylation sites is 1. The van der Waals surface area contributed by atoms with E-state index in [1.165, 1.54) is 12.3 Å². The van der Waals surface area contributed by atoms with E-state index in [4.69, 9.17) is 5.73 Å². The van der Waals surface area contributed by atoms with Crippen molar-refractivity contribution in [3.8, 4) is 28.3 Å². The number of tetrazole rings is 1. The quantitative estimate of drug-likeness (QED) is 0.619. The van der Waals surface area contributed by atoms with Crippen LogP contribution in [0.5, 0.6) is 0 Å². The third-order valence-electron chi connectivity index (χ3n) is 3.65. The topological polar surface area (TPSA) is 95.4 Å². The largest absolute Gasteiger partial charge is 0.368 e. The Morgan fingerprint density at radius 2 is 1.68 bits per heavy atom. The number of rotatable bonds is 3. The van der Waals surface area contributed by atoms with E-state index in [2.05, 4.69) is 25.5 Å². The molecule has 0 fully saturated rings. The summed E-state index contributed by atoms with van der Waals surface area (Å²) in [7, 11) is 0. The van der Waals surface area contributed by atoms with E-state index in [1.807, 2.05) is 30.3 Å². The van der Waals surface area contributed by atoms with Gasteiger partial charge in [-0.25, -0.2) is 14.4 Å². The zero-order valence-electron chi connectivity index (χ0n) is 12.9. The average Bonchev–Trinajstić information content (AvgIpc) is 3.12. The number of anilines is 1. The Morgan fingerprint density at radius 1 is 0.920 bits per heavy atom. The number of nitrogens with zero attached hydrogens (tertiary/aromatic N) is 6. The van der Waals surface area contributed by atoms with Crippen molar-refractivity contribution in [2.75, 3.05) is 5.73 Å². The van der Waals surface area contributed by atoms with Crippen molar-refractivity contribution in [3.05, 3.63) is 66.6 Å². The Labute approximate surface area is 142 Å². The molecule has 0 saturated heterocycles. The van der Waals surface area contributed by atoms with Crippen molar-refractivity contribution in [1.82, 2.24) is 30.2 Å². The van der Waals surface area contributed by atoms with Gasteiger partial charge in [0, 0.05) is 11.8 Å². The standard InChI is InChI=1S/C17H12FN7/c18-14-9-5-4-8-12(14)15-13(10-20-17(19)21-15)16-22-23-24-25(16)11-6-2-1-3-7-11/h1-10H,(H2,19,20,21). The normalized spacial score (nSPS) is 10.8. The highest BCUT2D eigenvalue weighted by atomic mass is 19.1. The summed E-state index contributed by atoms with van der Waals surface area (Å²) in [5.74, 6) is 0.0192. The molecule has 0 aliphatic heterocycles. The third kappa shape index (κ3) is 2.69. The molecule has 7 nitrogen and oxygen atoms in total. The van der Waals surface area contributed by atoms with E-state index in [0.717, 1.165) is 5.69 Å². The van der Waals surface area contributed by atoms with Crippen LogP contribution in [-0.2, 0) is 0 Å². The predicted molar refractivity (Wildman–Crippen MR) is 90.0 cm³/mol. The second kappa shape index (κ2) is 6.08. The number of halogens is 1. The molecule has 2 aromatic carbocycles. The summed E-state index contributed by atoms with van der Waals surface area (Å²) in [6.07, 6.45) is 1.50. The van der Waals surface area contributed by atoms with E-state index < -0.39 is 5.82 Å². The third-order valence-corrected chi connectivity index (χ3v) is 3.65. The van der Waals surface area contributed by atoms with Crippen molar-refractivity contribution in [2.45, 2.75) is 0 Å². The number of nitrogen functional groups attached to an aromatic ring is 1. The summed E-state index contributed by atoms with van der Waals surface area (Å²) in [5, 5.41) is 11.8. The lowest BCUT2D eigenvalue weighted by molar-refractivity contribution is 0.630. The minimum atomic E-state index is -0.416. The van der Waals surface area contributed by atoms with Gasteiger partial charge in [0.05, 0.1) is 16.9 Å². The summed E-state index contributed by atoms with van der Waals surface area (Å²) >= 11 is 0. The predicted octanol–water partition coefficient (Wildman–Crippen LogP) is 2.51. The molecule has 0 aliphatic rings. The first kappa shape index (κ1) is 14.9. The molecular weight excluding hydrogens is 321 g/mol. The Bertz CT molecular complexity index is 1030. The molecule has 25 heavy (non-hydrogen) atoms. The van der Waals surface area contributed by atoms with Crippen LogP contribution in [-0.4, -0.2) is 30.2 Å². The van der Waals surface area contributed by atoms with Crippen LogP contribution in [0.25, 0.3) is 28.3 Å². The van der Waals surface area contributed by atoms with Gasteiger partial charge < -0.3 is 5.73 Å². The summed E-state index contributed by atoms with van der Waals surface area (Å²) in [6, 6.07) is 15.7. The molecule has 4 aromatic rings. The van der Waals surface area contributed by atoms with Gasteiger partial charge in [0.25, 0.3) is 0 Å². The van der Waals surface area contributed by atoms with Crippen molar-refractivity contribution in [3.63, 3.8) is 0 Å². The molecule has 0 saturated carbocycles. The Morgan fingerprint density at radius 3 is 2.48 bits per heavy atom. The molecule has 0 spiro atoms. The van der Waals surface area contributed by atoms with Crippen LogP contribution in [0.2, 0.25) is 0 Å². The first-order valence-electron chi connectivity index (χ1n) is 7.45. The van der Waals surface area contributed by atoms with E-state index in [1.54, 1.807) is 22.9 Å². The molecule has 2 N–H and O–H groups in total. The van der Waals surface area contributed by atoms with Crippen molar-refractivity contribution < 1.29 is 4.39 Å². The maximum Gasteiger partial charge on any atom is 0.220 e. The van der Waals surface area contributed by atoms with Crippen LogP contribution in [0.4, 0.5) is 10.3 Å². The molecule has 2 heterocycles. The number of hydrogen-bond donors (Lipinski definition) is 1. The molecule has 0 radical (unpaired) electrons. The molecule has 0 bridgehead atoms. The van der Waals surface area contributed by atoms with Crippen LogP contribution in [0.15, 0.2) is 60.8 Å². The highest BCUT2D eigenvalue weighted by molar-refractivity contribution is 5.78. The zero-order chi connectivity index (χ0) is 17.2. The number of benzene rings is 2. The van der Waals surface area contributed by atoms with Gasteiger partial charge in [-0.05, 0) is 34.7 Å². The molecule has 122 valence electrons. The van der Waals surface area contributed by atoms with Gasteiger partial charge in [-0.2, -0.15) is 4.68 Å². The van der Waals surface area contributed by atoms with Crippen LogP contribution < -0.4 is 5.73 Å². The van der Waals surface area contributed by atoms with Gasteiger partial charge >= 0.3 is 0 Å². The number of aromatic nitrogens is 6. The van der Waals surface area contributed by atoms with Crippen LogP contribution in [0.3, 0.4) is 0 Å². The molecule has 2 aromatic heterocycles. The van der Waals surface area contributed by atoms with E-state index in [0.29, 0.717) is 22.6 Å². The lowest BCUT2D eigenvalue weighted by Gasteiger charge is -2.10. The maximum atomic E-state index is 14.3. The molecule has 0 atom stereocenters. The minimum Gasteiger partial charge on any atom is -0.368 e. The van der Waals surface area contributed by atoms with E-state index >= 15 is 0 Å². The molecule has 0 aliphatic carbocycles. The molecule has 0 unspecified atom stereocenters. The molecular formula is C17H12FN7. The van der Waals surface area contributed by atoms with Gasteiger partial charge in [-0.15, -0.1) is 5.10 Å². The number of nitrogens with two attached hydrogens (primary N) is 1. The van der Waals surface area contributed by atoms with Gasteiger partial charge in [0.1, 0.15) is 5.82 Å². The lowest BCUT2D eigenvalue weighted by atomic mass is 10.1. The molecule has 4 rings (SSSR count). The van der Waals surface area contributed by atoms with Crippen LogP contribution in [0.1, 0.15) is 0 Å². The molecule has 8 heteroatoms. The Balaban J connectivity index is 1.94. The van der Waals surface area contributed by atoms with Crippen LogP contribution >= 0.6 is 0 Å². The first-order chi connectivity index (χ1) is 12.2. The second-order valence-electron chi connectivity index (χ2n) is 5.22. The summed E-state index contributed by atoms with van der Waals surface area (Å²) < 4.78 is 15.8. The minimum absolute atomic E-state index is 0.0424. The lowest BCUT2D eigenvalue weighted by Crippen LogP contribution is -2.04. The highest BCUT2D eigenvalue weighted by Crippen LogP contribution is 2.31. The fraction of sp³-hybridized carbons (Fsp3) is 0. The van der Waals surface area contributed by atoms with E-state index in [-0.39, 0.29) is 5.95 Å². The van der Waals surface area contributed by atoms with Crippen molar-refractivity contribution in [2.24, 2.45) is 0 Å².